The van der Waals surface area contributed by atoms with Crippen molar-refractivity contribution in [3.8, 4) is 11.5 Å². The standard InChI is InChI=1S/C18H22N2O5/c1-18(2,16(21)19-11-13-6-5-9-25-13)17(22)20-12-7-8-14(23-3)15(10-12)24-4/h5-10H,11H2,1-4H3,(H,19,21)(H,20,22). The number of methoxy groups -OCH3 is 2. The Morgan fingerprint density at radius 2 is 1.80 bits per heavy atom. The van der Waals surface area contributed by atoms with Crippen LogP contribution in [0.5, 0.6) is 11.5 Å². The highest BCUT2D eigenvalue weighted by molar-refractivity contribution is 6.09. The number of benzene rings is 1. The molecule has 1 aromatic carbocycles. The van der Waals surface area contributed by atoms with E-state index in [0.29, 0.717) is 22.9 Å². The summed E-state index contributed by atoms with van der Waals surface area (Å²) in [5, 5.41) is 5.42. The van der Waals surface area contributed by atoms with Crippen molar-refractivity contribution in [1.29, 1.82) is 0 Å². The van der Waals surface area contributed by atoms with E-state index in [0.717, 1.165) is 0 Å². The highest BCUT2D eigenvalue weighted by Crippen LogP contribution is 2.30. The van der Waals surface area contributed by atoms with Crippen molar-refractivity contribution < 1.29 is 23.5 Å². The summed E-state index contributed by atoms with van der Waals surface area (Å²) in [6, 6.07) is 8.47. The van der Waals surface area contributed by atoms with E-state index >= 15 is 0 Å². The SMILES string of the molecule is COc1ccc(NC(=O)C(C)(C)C(=O)NCc2ccco2)cc1OC. The normalized spacial score (nSPS) is 10.9. The maximum Gasteiger partial charge on any atom is 0.239 e. The van der Waals surface area contributed by atoms with E-state index in [1.54, 1.807) is 44.2 Å². The smallest absolute Gasteiger partial charge is 0.239 e. The summed E-state index contributed by atoms with van der Waals surface area (Å²) in [7, 11) is 3.04. The third kappa shape index (κ3) is 4.32. The van der Waals surface area contributed by atoms with Gasteiger partial charge < -0.3 is 24.5 Å². The summed E-state index contributed by atoms with van der Waals surface area (Å²) < 4.78 is 15.5. The molecular weight excluding hydrogens is 324 g/mol. The molecule has 1 aromatic heterocycles. The third-order valence-electron chi connectivity index (χ3n) is 3.78. The van der Waals surface area contributed by atoms with Crippen molar-refractivity contribution in [3.05, 3.63) is 42.4 Å². The fraction of sp³-hybridized carbons (Fsp3) is 0.333. The molecule has 0 unspecified atom stereocenters. The van der Waals surface area contributed by atoms with Gasteiger partial charge in [-0.3, -0.25) is 9.59 Å². The summed E-state index contributed by atoms with van der Waals surface area (Å²) in [6.07, 6.45) is 1.52. The molecule has 0 saturated heterocycles. The Hall–Kier alpha value is -2.96. The van der Waals surface area contributed by atoms with E-state index in [1.807, 2.05) is 0 Å². The van der Waals surface area contributed by atoms with Crippen molar-refractivity contribution in [1.82, 2.24) is 5.32 Å². The van der Waals surface area contributed by atoms with Gasteiger partial charge in [-0.1, -0.05) is 0 Å². The fourth-order valence-corrected chi connectivity index (χ4v) is 2.11. The van der Waals surface area contributed by atoms with Gasteiger partial charge in [-0.25, -0.2) is 0 Å². The lowest BCUT2D eigenvalue weighted by atomic mass is 9.91. The minimum absolute atomic E-state index is 0.221. The zero-order chi connectivity index (χ0) is 18.4. The summed E-state index contributed by atoms with van der Waals surface area (Å²) in [6.45, 7) is 3.33. The fourth-order valence-electron chi connectivity index (χ4n) is 2.11. The average molecular weight is 346 g/mol. The predicted octanol–water partition coefficient (Wildman–Crippen LogP) is 2.58. The molecule has 2 rings (SSSR count). The van der Waals surface area contributed by atoms with Gasteiger partial charge in [0.05, 0.1) is 27.0 Å². The molecule has 2 amide bonds. The van der Waals surface area contributed by atoms with Crippen LogP contribution in [0.3, 0.4) is 0 Å². The van der Waals surface area contributed by atoms with Gasteiger partial charge in [0.1, 0.15) is 11.2 Å². The number of hydrogen-bond donors (Lipinski definition) is 2. The van der Waals surface area contributed by atoms with Gasteiger partial charge in [0.15, 0.2) is 11.5 Å². The van der Waals surface area contributed by atoms with Crippen LogP contribution in [0.25, 0.3) is 0 Å². The maximum absolute atomic E-state index is 12.5. The zero-order valence-corrected chi connectivity index (χ0v) is 14.7. The van der Waals surface area contributed by atoms with Crippen molar-refractivity contribution in [2.75, 3.05) is 19.5 Å². The number of ether oxygens (including phenoxy) is 2. The lowest BCUT2D eigenvalue weighted by molar-refractivity contribution is -0.138. The molecule has 25 heavy (non-hydrogen) atoms. The quantitative estimate of drug-likeness (QED) is 0.752. The molecule has 0 aliphatic carbocycles. The van der Waals surface area contributed by atoms with Gasteiger partial charge in [0, 0.05) is 11.8 Å². The topological polar surface area (TPSA) is 89.8 Å². The van der Waals surface area contributed by atoms with E-state index in [9.17, 15) is 9.59 Å². The lowest BCUT2D eigenvalue weighted by Crippen LogP contribution is -2.44. The van der Waals surface area contributed by atoms with Crippen LogP contribution in [0.15, 0.2) is 41.0 Å². The van der Waals surface area contributed by atoms with Gasteiger partial charge >= 0.3 is 0 Å². The van der Waals surface area contributed by atoms with Crippen LogP contribution < -0.4 is 20.1 Å². The van der Waals surface area contributed by atoms with Crippen molar-refractivity contribution in [2.45, 2.75) is 20.4 Å². The molecule has 0 spiro atoms. The Morgan fingerprint density at radius 3 is 2.40 bits per heavy atom. The van der Waals surface area contributed by atoms with Crippen LogP contribution in [0.2, 0.25) is 0 Å². The number of nitrogens with one attached hydrogen (secondary N) is 2. The Morgan fingerprint density at radius 1 is 1.08 bits per heavy atom. The van der Waals surface area contributed by atoms with E-state index < -0.39 is 17.2 Å². The molecule has 0 atom stereocenters. The first-order chi connectivity index (χ1) is 11.9. The van der Waals surface area contributed by atoms with Crippen molar-refractivity contribution in [3.63, 3.8) is 0 Å². The molecule has 0 saturated carbocycles. The van der Waals surface area contributed by atoms with E-state index in [4.69, 9.17) is 13.9 Å². The lowest BCUT2D eigenvalue weighted by Gasteiger charge is -2.22. The minimum Gasteiger partial charge on any atom is -0.493 e. The number of amides is 2. The molecule has 2 N–H and O–H groups in total. The Balaban J connectivity index is 2.03. The molecule has 2 aromatic rings. The maximum atomic E-state index is 12.5. The van der Waals surface area contributed by atoms with E-state index in [2.05, 4.69) is 10.6 Å². The van der Waals surface area contributed by atoms with Crippen LogP contribution in [0, 0.1) is 5.41 Å². The summed E-state index contributed by atoms with van der Waals surface area (Å²) >= 11 is 0. The Labute approximate surface area is 146 Å². The molecule has 7 heteroatoms. The summed E-state index contributed by atoms with van der Waals surface area (Å²) in [4.78, 5) is 24.9. The van der Waals surface area contributed by atoms with Crippen LogP contribution in [0.4, 0.5) is 5.69 Å². The molecule has 7 nitrogen and oxygen atoms in total. The molecule has 1 heterocycles. The van der Waals surface area contributed by atoms with Gasteiger partial charge in [0.2, 0.25) is 11.8 Å². The van der Waals surface area contributed by atoms with E-state index in [1.165, 1.54) is 20.5 Å². The first-order valence-electron chi connectivity index (χ1n) is 7.72. The third-order valence-corrected chi connectivity index (χ3v) is 3.78. The van der Waals surface area contributed by atoms with Gasteiger partial charge in [-0.05, 0) is 38.1 Å². The minimum atomic E-state index is -1.26. The Bertz CT molecular complexity index is 738. The van der Waals surface area contributed by atoms with Crippen molar-refractivity contribution >= 4 is 17.5 Å². The first-order valence-corrected chi connectivity index (χ1v) is 7.72. The molecule has 0 aliphatic rings. The number of rotatable bonds is 7. The second kappa shape index (κ2) is 7.74. The zero-order valence-electron chi connectivity index (χ0n) is 14.7. The van der Waals surface area contributed by atoms with Gasteiger partial charge in [-0.2, -0.15) is 0 Å². The van der Waals surface area contributed by atoms with Crippen LogP contribution in [-0.4, -0.2) is 26.0 Å². The van der Waals surface area contributed by atoms with Gasteiger partial charge in [-0.15, -0.1) is 0 Å². The predicted molar refractivity (Wildman–Crippen MR) is 92.5 cm³/mol. The molecule has 0 bridgehead atoms. The van der Waals surface area contributed by atoms with Crippen molar-refractivity contribution in [2.24, 2.45) is 5.41 Å². The summed E-state index contributed by atoms with van der Waals surface area (Å²) in [5.74, 6) is 0.819. The molecule has 0 radical (unpaired) electrons. The highest BCUT2D eigenvalue weighted by Gasteiger charge is 2.36. The highest BCUT2D eigenvalue weighted by atomic mass is 16.5. The largest absolute Gasteiger partial charge is 0.493 e. The van der Waals surface area contributed by atoms with Crippen LogP contribution in [-0.2, 0) is 16.1 Å². The second-order valence-corrected chi connectivity index (χ2v) is 5.91. The number of hydrogen-bond acceptors (Lipinski definition) is 5. The number of furan rings is 1. The van der Waals surface area contributed by atoms with Crippen LogP contribution in [0.1, 0.15) is 19.6 Å². The Kier molecular flexibility index (Phi) is 5.69. The first kappa shape index (κ1) is 18.4. The molecule has 0 fully saturated rings. The second-order valence-electron chi connectivity index (χ2n) is 5.91. The molecule has 134 valence electrons. The average Bonchev–Trinajstić information content (AvgIpc) is 3.12. The molecule has 0 aliphatic heterocycles. The summed E-state index contributed by atoms with van der Waals surface area (Å²) in [5.41, 5.74) is -0.755. The number of carbonyl (C=O) groups is 2. The number of carbonyl (C=O) groups excluding carboxylic acids is 2. The van der Waals surface area contributed by atoms with E-state index in [-0.39, 0.29) is 6.54 Å². The molecular formula is C18H22N2O5. The number of anilines is 1. The van der Waals surface area contributed by atoms with Crippen LogP contribution >= 0.6 is 0 Å². The van der Waals surface area contributed by atoms with Gasteiger partial charge in [0.25, 0.3) is 0 Å². The monoisotopic (exact) mass is 346 g/mol.